The molecule has 4 atom stereocenters. The number of hydrogen-bond acceptors (Lipinski definition) is 4. The van der Waals surface area contributed by atoms with Gasteiger partial charge >= 0.3 is 11.9 Å². The molecule has 4 nitrogen and oxygen atoms in total. The molecule has 6 fully saturated rings. The molecular weight excluding hydrogens is 352 g/mol. The predicted octanol–water partition coefficient (Wildman–Crippen LogP) is 4.93. The second kappa shape index (κ2) is 4.81. The fraction of sp³-hybridized carbons (Fsp3) is 0.917. The van der Waals surface area contributed by atoms with Crippen LogP contribution in [0.5, 0.6) is 0 Å². The molecular formula is C24H34O4. The molecule has 0 aromatic rings. The Morgan fingerprint density at radius 2 is 1.64 bits per heavy atom. The summed E-state index contributed by atoms with van der Waals surface area (Å²) in [6.07, 6.45) is 14.3. The smallest absolute Gasteiger partial charge is 0.351 e. The molecule has 0 radical (unpaired) electrons. The Kier molecular flexibility index (Phi) is 3.05. The van der Waals surface area contributed by atoms with Crippen LogP contribution in [0.4, 0.5) is 0 Å². The molecule has 1 saturated heterocycles. The lowest BCUT2D eigenvalue weighted by Gasteiger charge is -2.78. The van der Waals surface area contributed by atoms with Crippen LogP contribution in [0.15, 0.2) is 0 Å². The highest BCUT2D eigenvalue weighted by atomic mass is 16.6. The normalized spacial score (nSPS) is 48.2. The molecule has 4 heteroatoms. The second-order valence-corrected chi connectivity index (χ2v) is 11.9. The third kappa shape index (κ3) is 1.49. The zero-order valence-electron chi connectivity index (χ0n) is 17.7. The number of carbonyl (C=O) groups excluding carboxylic acids is 2. The summed E-state index contributed by atoms with van der Waals surface area (Å²) in [5.74, 6) is -0.464. The Morgan fingerprint density at radius 1 is 0.929 bits per heavy atom. The average molecular weight is 387 g/mol. The maximum atomic E-state index is 13.5. The minimum Gasteiger partial charge on any atom is -0.459 e. The summed E-state index contributed by atoms with van der Waals surface area (Å²) in [5.41, 5.74) is -0.916. The van der Waals surface area contributed by atoms with E-state index in [1.807, 2.05) is 20.8 Å². The molecule has 6 rings (SSSR count). The van der Waals surface area contributed by atoms with Crippen molar-refractivity contribution in [3.8, 4) is 0 Å². The van der Waals surface area contributed by atoms with Crippen LogP contribution in [-0.4, -0.2) is 23.6 Å². The number of hydrogen-bond donors (Lipinski definition) is 0. The molecule has 1 aliphatic heterocycles. The number of ether oxygens (including phenoxy) is 2. The quantitative estimate of drug-likeness (QED) is 0.631. The largest absolute Gasteiger partial charge is 0.459 e. The van der Waals surface area contributed by atoms with E-state index in [0.29, 0.717) is 17.3 Å². The van der Waals surface area contributed by atoms with Crippen LogP contribution in [0, 0.1) is 27.1 Å². The summed E-state index contributed by atoms with van der Waals surface area (Å²) in [4.78, 5) is 26.1. The van der Waals surface area contributed by atoms with Gasteiger partial charge in [-0.15, -0.1) is 0 Å². The minimum atomic E-state index is -1.07. The lowest BCUT2D eigenvalue weighted by molar-refractivity contribution is -0.326. The topological polar surface area (TPSA) is 52.6 Å². The fourth-order valence-corrected chi connectivity index (χ4v) is 8.99. The van der Waals surface area contributed by atoms with Crippen molar-refractivity contribution in [2.45, 2.75) is 110 Å². The monoisotopic (exact) mass is 386 g/mol. The standard InChI is InChI=1S/C24H34O4/c1-19(2)20(3)11-14-24(19,28-17(20)25)18(26)27-16-15-23(22(16)9-4-5-10-22)13-12-21(23)7-6-8-21/h16H,4-15H2,1-3H3/t16-,20-,23-,24+/m0/s1. The number of rotatable bonds is 2. The predicted molar refractivity (Wildman–Crippen MR) is 103 cm³/mol. The van der Waals surface area contributed by atoms with Gasteiger partial charge in [-0.25, -0.2) is 4.79 Å². The maximum Gasteiger partial charge on any atom is 0.351 e. The first-order valence-electron chi connectivity index (χ1n) is 11.6. The van der Waals surface area contributed by atoms with E-state index in [9.17, 15) is 9.59 Å². The minimum absolute atomic E-state index is 0.0385. The van der Waals surface area contributed by atoms with Crippen molar-refractivity contribution in [1.82, 2.24) is 0 Å². The van der Waals surface area contributed by atoms with Crippen LogP contribution in [-0.2, 0) is 19.1 Å². The van der Waals surface area contributed by atoms with Crippen molar-refractivity contribution >= 4 is 11.9 Å². The molecule has 0 N–H and O–H groups in total. The van der Waals surface area contributed by atoms with E-state index in [4.69, 9.17) is 9.47 Å². The highest BCUT2D eigenvalue weighted by Gasteiger charge is 2.80. The van der Waals surface area contributed by atoms with Crippen molar-refractivity contribution in [3.63, 3.8) is 0 Å². The third-order valence-electron chi connectivity index (χ3n) is 11.6. The van der Waals surface area contributed by atoms with Crippen molar-refractivity contribution < 1.29 is 19.1 Å². The van der Waals surface area contributed by atoms with Crippen LogP contribution in [0.1, 0.15) is 97.8 Å². The zero-order chi connectivity index (χ0) is 19.6. The first-order valence-corrected chi connectivity index (χ1v) is 11.6. The summed E-state index contributed by atoms with van der Waals surface area (Å²) >= 11 is 0. The van der Waals surface area contributed by atoms with Crippen LogP contribution >= 0.6 is 0 Å². The molecule has 28 heavy (non-hydrogen) atoms. The van der Waals surface area contributed by atoms with Crippen LogP contribution in [0.3, 0.4) is 0 Å². The highest BCUT2D eigenvalue weighted by Crippen LogP contribution is 2.84. The molecule has 0 amide bonds. The molecule has 0 aromatic heterocycles. The number of fused-ring (bicyclic) bond motifs is 4. The Morgan fingerprint density at radius 3 is 2.11 bits per heavy atom. The maximum absolute atomic E-state index is 13.5. The van der Waals surface area contributed by atoms with Gasteiger partial charge in [0.25, 0.3) is 0 Å². The summed E-state index contributed by atoms with van der Waals surface area (Å²) in [6.45, 7) is 6.01. The summed E-state index contributed by atoms with van der Waals surface area (Å²) in [6, 6.07) is 0. The van der Waals surface area contributed by atoms with Gasteiger partial charge in [0.15, 0.2) is 0 Å². The molecule has 154 valence electrons. The van der Waals surface area contributed by atoms with Gasteiger partial charge in [-0.2, -0.15) is 0 Å². The Hall–Kier alpha value is -1.06. The van der Waals surface area contributed by atoms with Crippen molar-refractivity contribution in [2.24, 2.45) is 27.1 Å². The first kappa shape index (κ1) is 17.8. The SMILES string of the molecule is CC1(C)[C@@]2(C)CC[C@]1(C(=O)O[C@H]1C[C@]3(CCC34CCC4)C13CCCC3)OC2=O. The molecule has 5 saturated carbocycles. The van der Waals surface area contributed by atoms with Gasteiger partial charge in [-0.3, -0.25) is 4.79 Å². The van der Waals surface area contributed by atoms with Gasteiger partial charge in [0.1, 0.15) is 6.10 Å². The lowest BCUT2D eigenvalue weighted by Crippen LogP contribution is -2.74. The lowest BCUT2D eigenvalue weighted by atomic mass is 9.27. The van der Waals surface area contributed by atoms with Crippen molar-refractivity contribution in [1.29, 1.82) is 0 Å². The highest BCUT2D eigenvalue weighted by molar-refractivity contribution is 5.93. The number of carbonyl (C=O) groups is 2. The van der Waals surface area contributed by atoms with Gasteiger partial charge < -0.3 is 9.47 Å². The Balaban J connectivity index is 1.29. The molecule has 6 aliphatic rings. The van der Waals surface area contributed by atoms with Gasteiger partial charge in [0.2, 0.25) is 5.60 Å². The van der Waals surface area contributed by atoms with E-state index in [2.05, 4.69) is 0 Å². The summed E-state index contributed by atoms with van der Waals surface area (Å²) in [7, 11) is 0. The molecule has 0 aromatic carbocycles. The molecule has 2 bridgehead atoms. The summed E-state index contributed by atoms with van der Waals surface area (Å²) < 4.78 is 12.1. The van der Waals surface area contributed by atoms with E-state index in [-0.39, 0.29) is 23.5 Å². The van der Waals surface area contributed by atoms with Crippen molar-refractivity contribution in [2.75, 3.05) is 0 Å². The van der Waals surface area contributed by atoms with Crippen molar-refractivity contribution in [3.05, 3.63) is 0 Å². The molecule has 1 heterocycles. The third-order valence-corrected chi connectivity index (χ3v) is 11.6. The fourth-order valence-electron chi connectivity index (χ4n) is 8.99. The van der Waals surface area contributed by atoms with Crippen LogP contribution in [0.2, 0.25) is 0 Å². The van der Waals surface area contributed by atoms with E-state index < -0.39 is 16.4 Å². The Bertz CT molecular complexity index is 768. The van der Waals surface area contributed by atoms with Gasteiger partial charge in [0, 0.05) is 10.8 Å². The molecule has 0 unspecified atom stereocenters. The zero-order valence-corrected chi connectivity index (χ0v) is 17.7. The van der Waals surface area contributed by atoms with Crippen LogP contribution in [0.25, 0.3) is 0 Å². The summed E-state index contributed by atoms with van der Waals surface area (Å²) in [5, 5.41) is 0. The second-order valence-electron chi connectivity index (χ2n) is 11.9. The van der Waals surface area contributed by atoms with Gasteiger partial charge in [-0.05, 0) is 75.5 Å². The van der Waals surface area contributed by atoms with E-state index >= 15 is 0 Å². The molecule has 5 aliphatic carbocycles. The van der Waals surface area contributed by atoms with Gasteiger partial charge in [0.05, 0.1) is 5.41 Å². The molecule has 3 spiro atoms. The van der Waals surface area contributed by atoms with Gasteiger partial charge in [-0.1, -0.05) is 33.1 Å². The van der Waals surface area contributed by atoms with Crippen LogP contribution < -0.4 is 0 Å². The number of esters is 2. The average Bonchev–Trinajstić information content (AvgIpc) is 3.20. The van der Waals surface area contributed by atoms with E-state index in [0.717, 1.165) is 12.8 Å². The van der Waals surface area contributed by atoms with E-state index in [1.165, 1.54) is 57.8 Å². The van der Waals surface area contributed by atoms with E-state index in [1.54, 1.807) is 0 Å². The Labute approximate surface area is 168 Å². The first-order chi connectivity index (χ1) is 13.2.